The fraction of sp³-hybridized carbons (Fsp3) is 0.833. The SMILES string of the molecule is CCCCCCCCC=CCCCCCCCC(=O)O[C@H](COC(=O)CCCCCCCCCCCCCCCCC)COP(=O)(O)OP(=O)(O)OC[C@H]1O[C@@H](n2ccc(N)nc2=O)C(O)[C@H]1O. The van der Waals surface area contributed by atoms with Crippen molar-refractivity contribution in [2.24, 2.45) is 0 Å². The summed E-state index contributed by atoms with van der Waals surface area (Å²) in [5.41, 5.74) is 4.59. The van der Waals surface area contributed by atoms with Gasteiger partial charge in [0.2, 0.25) is 0 Å². The highest BCUT2D eigenvalue weighted by Gasteiger charge is 2.46. The van der Waals surface area contributed by atoms with Crippen LogP contribution in [-0.4, -0.2) is 85.7 Å². The fourth-order valence-electron chi connectivity index (χ4n) is 7.84. The van der Waals surface area contributed by atoms with Crippen LogP contribution in [0.5, 0.6) is 0 Å². The summed E-state index contributed by atoms with van der Waals surface area (Å²) in [5, 5.41) is 20.9. The molecule has 0 aliphatic carbocycles. The maximum atomic E-state index is 12.8. The van der Waals surface area contributed by atoms with E-state index < -0.39 is 83.7 Å². The highest BCUT2D eigenvalue weighted by Crippen LogP contribution is 2.60. The number of carbonyl (C=O) groups is 2. The molecule has 1 aliphatic heterocycles. The number of allylic oxidation sites excluding steroid dienone is 2. The molecule has 3 unspecified atom stereocenters. The number of anilines is 1. The molecule has 0 saturated carbocycles. The maximum absolute atomic E-state index is 12.8. The average Bonchev–Trinajstić information content (AvgIpc) is 3.57. The highest BCUT2D eigenvalue weighted by atomic mass is 31.3. The number of hydrogen-bond donors (Lipinski definition) is 5. The van der Waals surface area contributed by atoms with Gasteiger partial charge in [0, 0.05) is 19.0 Å². The van der Waals surface area contributed by atoms with Crippen LogP contribution < -0.4 is 11.4 Å². The second-order valence-corrected chi connectivity index (χ2v) is 21.1. The van der Waals surface area contributed by atoms with Crippen LogP contribution in [-0.2, 0) is 46.3 Å². The zero-order valence-electron chi connectivity index (χ0n) is 41.2. The van der Waals surface area contributed by atoms with E-state index in [-0.39, 0.29) is 18.7 Å². The Balaban J connectivity index is 1.80. The summed E-state index contributed by atoms with van der Waals surface area (Å²) in [6, 6.07) is 1.25. The molecule has 2 rings (SSSR count). The van der Waals surface area contributed by atoms with E-state index in [1.807, 2.05) is 0 Å². The molecule has 18 nitrogen and oxygen atoms in total. The predicted octanol–water partition coefficient (Wildman–Crippen LogP) is 10.4. The molecule has 394 valence electrons. The van der Waals surface area contributed by atoms with Crippen molar-refractivity contribution in [1.82, 2.24) is 9.55 Å². The van der Waals surface area contributed by atoms with E-state index in [9.17, 15) is 43.5 Å². The number of nitrogens with zero attached hydrogens (tertiary/aromatic N) is 2. The average molecular weight is 1010 g/mol. The van der Waals surface area contributed by atoms with Crippen LogP contribution in [0.1, 0.15) is 213 Å². The van der Waals surface area contributed by atoms with Gasteiger partial charge in [0.25, 0.3) is 0 Å². The Morgan fingerprint density at radius 1 is 0.691 bits per heavy atom. The Hall–Kier alpha value is -2.50. The molecule has 0 radical (unpaired) electrons. The molecule has 0 aromatic carbocycles. The number of aliphatic hydroxyl groups is 2. The van der Waals surface area contributed by atoms with E-state index in [1.165, 1.54) is 115 Å². The number of rotatable bonds is 43. The molecule has 20 heteroatoms. The number of phosphoric acid groups is 2. The van der Waals surface area contributed by atoms with E-state index in [4.69, 9.17) is 29.0 Å². The number of ether oxygens (including phenoxy) is 3. The van der Waals surface area contributed by atoms with Crippen LogP contribution in [0.15, 0.2) is 29.2 Å². The summed E-state index contributed by atoms with van der Waals surface area (Å²) in [4.78, 5) is 61.9. The van der Waals surface area contributed by atoms with Crippen molar-refractivity contribution in [2.45, 2.75) is 237 Å². The third-order valence-corrected chi connectivity index (χ3v) is 14.5. The van der Waals surface area contributed by atoms with Gasteiger partial charge in [0.15, 0.2) is 12.3 Å². The van der Waals surface area contributed by atoms with Crippen molar-refractivity contribution >= 4 is 33.4 Å². The lowest BCUT2D eigenvalue weighted by molar-refractivity contribution is -0.161. The Morgan fingerprint density at radius 2 is 1.15 bits per heavy atom. The van der Waals surface area contributed by atoms with Crippen molar-refractivity contribution in [3.8, 4) is 0 Å². The first-order chi connectivity index (χ1) is 32.7. The van der Waals surface area contributed by atoms with Gasteiger partial charge in [-0.25, -0.2) is 13.9 Å². The summed E-state index contributed by atoms with van der Waals surface area (Å²) in [6.45, 7) is 2.17. The third-order valence-electron chi connectivity index (χ3n) is 11.9. The van der Waals surface area contributed by atoms with Gasteiger partial charge in [-0.2, -0.15) is 9.29 Å². The van der Waals surface area contributed by atoms with Crippen LogP contribution in [0.25, 0.3) is 0 Å². The lowest BCUT2D eigenvalue weighted by Gasteiger charge is -2.21. The topological polar surface area (TPSA) is 265 Å². The van der Waals surface area contributed by atoms with E-state index in [1.54, 1.807) is 0 Å². The zero-order valence-corrected chi connectivity index (χ0v) is 43.0. The molecule has 1 aromatic rings. The number of unbranched alkanes of at least 4 members (excludes halogenated alkanes) is 25. The molecule has 0 bridgehead atoms. The van der Waals surface area contributed by atoms with Gasteiger partial charge >= 0.3 is 33.3 Å². The first kappa shape index (κ1) is 61.6. The van der Waals surface area contributed by atoms with E-state index in [0.29, 0.717) is 12.8 Å². The van der Waals surface area contributed by atoms with Gasteiger partial charge in [-0.05, 0) is 44.6 Å². The van der Waals surface area contributed by atoms with Crippen LogP contribution in [0.2, 0.25) is 0 Å². The summed E-state index contributed by atoms with van der Waals surface area (Å²) < 4.78 is 56.8. The minimum absolute atomic E-state index is 0.0445. The van der Waals surface area contributed by atoms with Gasteiger partial charge in [0.05, 0.1) is 13.2 Å². The zero-order chi connectivity index (χ0) is 49.9. The van der Waals surface area contributed by atoms with E-state index >= 15 is 0 Å². The summed E-state index contributed by atoms with van der Waals surface area (Å²) in [6.07, 6.45) is 30.0. The Kier molecular flexibility index (Phi) is 33.8. The highest BCUT2D eigenvalue weighted by molar-refractivity contribution is 7.61. The Labute approximate surface area is 405 Å². The van der Waals surface area contributed by atoms with Crippen molar-refractivity contribution in [3.05, 3.63) is 34.9 Å². The van der Waals surface area contributed by atoms with Crippen molar-refractivity contribution < 1.29 is 66.3 Å². The number of phosphoric ester groups is 2. The molecule has 68 heavy (non-hydrogen) atoms. The van der Waals surface area contributed by atoms with Crippen molar-refractivity contribution in [1.29, 1.82) is 0 Å². The number of carbonyl (C=O) groups excluding carboxylic acids is 2. The molecule has 1 fully saturated rings. The Morgan fingerprint density at radius 3 is 1.65 bits per heavy atom. The molecule has 1 saturated heterocycles. The minimum Gasteiger partial charge on any atom is -0.462 e. The quantitative estimate of drug-likeness (QED) is 0.0176. The molecule has 6 N–H and O–H groups in total. The van der Waals surface area contributed by atoms with Crippen molar-refractivity contribution in [3.63, 3.8) is 0 Å². The smallest absolute Gasteiger partial charge is 0.462 e. The maximum Gasteiger partial charge on any atom is 0.481 e. The minimum atomic E-state index is -5.42. The van der Waals surface area contributed by atoms with E-state index in [0.717, 1.165) is 68.8 Å². The first-order valence-electron chi connectivity index (χ1n) is 25.7. The Bertz CT molecular complexity index is 1680. The third kappa shape index (κ3) is 29.6. The molecular weight excluding hydrogens is 920 g/mol. The molecule has 1 aromatic heterocycles. The van der Waals surface area contributed by atoms with Crippen LogP contribution in [0.4, 0.5) is 5.82 Å². The fourth-order valence-corrected chi connectivity index (χ4v) is 9.95. The van der Waals surface area contributed by atoms with Gasteiger partial charge in [0.1, 0.15) is 30.7 Å². The number of esters is 2. The lowest BCUT2D eigenvalue weighted by atomic mass is 10.0. The largest absolute Gasteiger partial charge is 0.481 e. The van der Waals surface area contributed by atoms with Crippen LogP contribution >= 0.6 is 15.6 Å². The predicted molar refractivity (Wildman–Crippen MR) is 261 cm³/mol. The number of aliphatic hydroxyl groups excluding tert-OH is 2. The summed E-state index contributed by atoms with van der Waals surface area (Å²) in [7, 11) is -10.8. The van der Waals surface area contributed by atoms with Crippen LogP contribution in [0.3, 0.4) is 0 Å². The standard InChI is InChI=1S/C48H87N3O15P2/c1-3-5-7-9-11-13-15-17-19-21-23-25-27-29-31-33-43(52)61-37-40(64-44(53)34-32-30-28-26-24-22-20-18-16-14-12-10-8-6-4-2)38-62-67(57,58)66-68(59,60)63-39-41-45(54)46(55)47(65-41)51-36-35-42(49)50-48(51)56/h18,20,35-36,40-41,45-47,54-55H,3-17,19,21-34,37-39H2,1-2H3,(H,57,58)(H,59,60)(H2,49,50,56)/t40-,41-,45+,46?,47-/m1/s1. The van der Waals surface area contributed by atoms with E-state index in [2.05, 4.69) is 35.3 Å². The molecule has 0 amide bonds. The number of aromatic nitrogens is 2. The second-order valence-electron chi connectivity index (χ2n) is 18.0. The molecule has 2 heterocycles. The number of nitrogen functional groups attached to an aromatic ring is 1. The van der Waals surface area contributed by atoms with Crippen LogP contribution in [0, 0.1) is 0 Å². The summed E-state index contributed by atoms with van der Waals surface area (Å²) >= 11 is 0. The van der Waals surface area contributed by atoms with Crippen molar-refractivity contribution in [2.75, 3.05) is 25.6 Å². The monoisotopic (exact) mass is 1010 g/mol. The normalized spacial score (nSPS) is 19.5. The second kappa shape index (κ2) is 37.3. The first-order valence-corrected chi connectivity index (χ1v) is 28.7. The molecule has 7 atom stereocenters. The van der Waals surface area contributed by atoms with Gasteiger partial charge < -0.3 is 39.9 Å². The molecule has 1 aliphatic rings. The number of hydrogen-bond acceptors (Lipinski definition) is 15. The summed E-state index contributed by atoms with van der Waals surface area (Å²) in [5.74, 6) is -1.29. The molecular formula is C48H87N3O15P2. The number of nitrogens with two attached hydrogens (primary N) is 1. The lowest BCUT2D eigenvalue weighted by Crippen LogP contribution is -2.36. The molecule has 0 spiro atoms. The van der Waals surface area contributed by atoms with Gasteiger partial charge in [-0.15, -0.1) is 0 Å². The van der Waals surface area contributed by atoms with Gasteiger partial charge in [-0.3, -0.25) is 23.2 Å². The van der Waals surface area contributed by atoms with Gasteiger partial charge in [-0.1, -0.05) is 167 Å².